The molecule has 1 unspecified atom stereocenters. The molecule has 2 rings (SSSR count). The maximum Gasteiger partial charge on any atom is 0.237 e. The fraction of sp³-hybridized carbons (Fsp3) is 0.556. The first kappa shape index (κ1) is 19.4. The average molecular weight is 349 g/mol. The van der Waals surface area contributed by atoms with Crippen molar-refractivity contribution in [2.45, 2.75) is 25.9 Å². The van der Waals surface area contributed by atoms with Gasteiger partial charge in [-0.05, 0) is 18.1 Å². The Labute approximate surface area is 148 Å². The zero-order chi connectivity index (χ0) is 18.2. The van der Waals surface area contributed by atoms with Crippen LogP contribution in [0.2, 0.25) is 0 Å². The Morgan fingerprint density at radius 3 is 2.60 bits per heavy atom. The highest BCUT2D eigenvalue weighted by Gasteiger charge is 2.32. The van der Waals surface area contributed by atoms with Gasteiger partial charge in [-0.25, -0.2) is 0 Å². The number of aryl methyl sites for hydroxylation is 1. The lowest BCUT2D eigenvalue weighted by molar-refractivity contribution is -0.139. The number of hydrogen-bond donors (Lipinski definition) is 3. The molecular weight excluding hydrogens is 322 g/mol. The number of carbonyl (C=O) groups excluding carboxylic acids is 2. The third-order valence-corrected chi connectivity index (χ3v) is 4.54. The number of aliphatic hydroxyl groups is 2. The summed E-state index contributed by atoms with van der Waals surface area (Å²) < 4.78 is 0. The van der Waals surface area contributed by atoms with E-state index in [2.05, 4.69) is 5.32 Å². The second kappa shape index (κ2) is 9.50. The lowest BCUT2D eigenvalue weighted by Gasteiger charge is -2.36. The van der Waals surface area contributed by atoms with E-state index in [0.29, 0.717) is 19.6 Å². The molecule has 138 valence electrons. The quantitative estimate of drug-likeness (QED) is 0.588. The minimum Gasteiger partial charge on any atom is -0.395 e. The van der Waals surface area contributed by atoms with Gasteiger partial charge in [-0.15, -0.1) is 0 Å². The van der Waals surface area contributed by atoms with Crippen LogP contribution >= 0.6 is 0 Å². The van der Waals surface area contributed by atoms with Crippen molar-refractivity contribution in [3.63, 3.8) is 0 Å². The Hall–Kier alpha value is -1.96. The van der Waals surface area contributed by atoms with E-state index in [1.165, 1.54) is 4.90 Å². The lowest BCUT2D eigenvalue weighted by atomic mass is 10.0. The first-order chi connectivity index (χ1) is 12.1. The van der Waals surface area contributed by atoms with Gasteiger partial charge in [-0.3, -0.25) is 14.5 Å². The zero-order valence-electron chi connectivity index (χ0n) is 14.6. The molecule has 0 aromatic heterocycles. The number of nitrogens with zero attached hydrogens (tertiary/aromatic N) is 2. The van der Waals surface area contributed by atoms with Crippen LogP contribution in [0.3, 0.4) is 0 Å². The predicted molar refractivity (Wildman–Crippen MR) is 93.8 cm³/mol. The second-order valence-electron chi connectivity index (χ2n) is 6.24. The van der Waals surface area contributed by atoms with Crippen LogP contribution in [0.25, 0.3) is 0 Å². The molecule has 1 aliphatic heterocycles. The van der Waals surface area contributed by atoms with Gasteiger partial charge in [0.15, 0.2) is 0 Å². The van der Waals surface area contributed by atoms with Gasteiger partial charge in [0.25, 0.3) is 0 Å². The molecule has 0 aliphatic carbocycles. The first-order valence-electron chi connectivity index (χ1n) is 8.62. The molecule has 0 saturated carbocycles. The summed E-state index contributed by atoms with van der Waals surface area (Å²) in [6, 6.07) is 7.47. The van der Waals surface area contributed by atoms with E-state index in [1.807, 2.05) is 36.1 Å². The minimum atomic E-state index is -0.541. The van der Waals surface area contributed by atoms with E-state index >= 15 is 0 Å². The van der Waals surface area contributed by atoms with E-state index in [1.54, 1.807) is 0 Å². The second-order valence-corrected chi connectivity index (χ2v) is 6.24. The van der Waals surface area contributed by atoms with Crippen molar-refractivity contribution in [3.8, 4) is 0 Å². The predicted octanol–water partition coefficient (Wildman–Crippen LogP) is -0.501. The van der Waals surface area contributed by atoms with Gasteiger partial charge in [0.2, 0.25) is 11.8 Å². The molecule has 7 nitrogen and oxygen atoms in total. The molecule has 1 saturated heterocycles. The molecule has 1 atom stereocenters. The van der Waals surface area contributed by atoms with Gasteiger partial charge in [0.1, 0.15) is 0 Å². The molecule has 1 aromatic rings. The number of carbonyl (C=O) groups is 2. The molecule has 1 heterocycles. The Bertz CT molecular complexity index is 587. The van der Waals surface area contributed by atoms with Crippen molar-refractivity contribution in [2.24, 2.45) is 0 Å². The normalized spacial score (nSPS) is 18.0. The number of aliphatic hydroxyl groups excluding tert-OH is 2. The number of benzene rings is 1. The van der Waals surface area contributed by atoms with Crippen LogP contribution in [0.4, 0.5) is 0 Å². The summed E-state index contributed by atoms with van der Waals surface area (Å²) in [5.74, 6) is -0.388. The molecule has 0 bridgehead atoms. The summed E-state index contributed by atoms with van der Waals surface area (Å²) in [5.41, 5.74) is 2.29. The summed E-state index contributed by atoms with van der Waals surface area (Å²) >= 11 is 0. The minimum absolute atomic E-state index is 0.0394. The van der Waals surface area contributed by atoms with Crippen LogP contribution in [0, 0.1) is 6.92 Å². The standard InChI is InChI=1S/C18H27N3O4/c1-14-4-2-3-5-15(14)13-21-7-6-19-18(25)16(21)12-17(24)20(8-10-22)9-11-23/h2-5,16,22-23H,6-13H2,1H3,(H,19,25). The van der Waals surface area contributed by atoms with Crippen LogP contribution in [0.1, 0.15) is 17.5 Å². The molecule has 0 radical (unpaired) electrons. The van der Waals surface area contributed by atoms with Gasteiger partial charge in [-0.1, -0.05) is 24.3 Å². The molecule has 1 aliphatic rings. The third-order valence-electron chi connectivity index (χ3n) is 4.54. The highest BCUT2D eigenvalue weighted by molar-refractivity contribution is 5.88. The van der Waals surface area contributed by atoms with Crippen LogP contribution in [0.5, 0.6) is 0 Å². The molecule has 1 aromatic carbocycles. The Morgan fingerprint density at radius 2 is 1.96 bits per heavy atom. The number of piperazine rings is 1. The highest BCUT2D eigenvalue weighted by Crippen LogP contribution is 2.17. The Morgan fingerprint density at radius 1 is 1.28 bits per heavy atom. The largest absolute Gasteiger partial charge is 0.395 e. The molecule has 0 spiro atoms. The maximum atomic E-state index is 12.5. The van der Waals surface area contributed by atoms with Crippen molar-refractivity contribution in [3.05, 3.63) is 35.4 Å². The Kier molecular flexibility index (Phi) is 7.36. The SMILES string of the molecule is Cc1ccccc1CN1CCNC(=O)C1CC(=O)N(CCO)CCO. The van der Waals surface area contributed by atoms with Crippen LogP contribution < -0.4 is 5.32 Å². The summed E-state index contributed by atoms with van der Waals surface area (Å²) in [5, 5.41) is 21.0. The smallest absolute Gasteiger partial charge is 0.237 e. The van der Waals surface area contributed by atoms with E-state index in [0.717, 1.165) is 11.1 Å². The fourth-order valence-corrected chi connectivity index (χ4v) is 3.08. The highest BCUT2D eigenvalue weighted by atomic mass is 16.3. The molecule has 25 heavy (non-hydrogen) atoms. The van der Waals surface area contributed by atoms with Gasteiger partial charge < -0.3 is 20.4 Å². The molecule has 2 amide bonds. The Balaban J connectivity index is 2.09. The number of rotatable bonds is 8. The van der Waals surface area contributed by atoms with Crippen LogP contribution in [-0.2, 0) is 16.1 Å². The molecule has 3 N–H and O–H groups in total. The zero-order valence-corrected chi connectivity index (χ0v) is 14.6. The molecular formula is C18H27N3O4. The number of nitrogens with one attached hydrogen (secondary N) is 1. The van der Waals surface area contributed by atoms with Crippen molar-refractivity contribution >= 4 is 11.8 Å². The number of amides is 2. The first-order valence-corrected chi connectivity index (χ1v) is 8.62. The van der Waals surface area contributed by atoms with Crippen molar-refractivity contribution in [1.29, 1.82) is 0 Å². The lowest BCUT2D eigenvalue weighted by Crippen LogP contribution is -2.56. The molecule has 7 heteroatoms. The van der Waals surface area contributed by atoms with Crippen molar-refractivity contribution in [2.75, 3.05) is 39.4 Å². The van der Waals surface area contributed by atoms with Gasteiger partial charge >= 0.3 is 0 Å². The maximum absolute atomic E-state index is 12.5. The topological polar surface area (TPSA) is 93.1 Å². The van der Waals surface area contributed by atoms with Crippen molar-refractivity contribution < 1.29 is 19.8 Å². The van der Waals surface area contributed by atoms with Gasteiger partial charge in [0, 0.05) is 32.7 Å². The monoisotopic (exact) mass is 349 g/mol. The summed E-state index contributed by atoms with van der Waals surface area (Å²) in [7, 11) is 0. The van der Waals surface area contributed by atoms with Crippen molar-refractivity contribution in [1.82, 2.24) is 15.1 Å². The van der Waals surface area contributed by atoms with Crippen LogP contribution in [0.15, 0.2) is 24.3 Å². The van der Waals surface area contributed by atoms with E-state index in [9.17, 15) is 9.59 Å². The fourth-order valence-electron chi connectivity index (χ4n) is 3.08. The van der Waals surface area contributed by atoms with Gasteiger partial charge in [-0.2, -0.15) is 0 Å². The third kappa shape index (κ3) is 5.26. The summed E-state index contributed by atoms with van der Waals surface area (Å²) in [6.07, 6.45) is 0.0394. The van der Waals surface area contributed by atoms with E-state index in [4.69, 9.17) is 10.2 Å². The number of hydrogen-bond acceptors (Lipinski definition) is 5. The molecule has 1 fully saturated rings. The van der Waals surface area contributed by atoms with E-state index < -0.39 is 6.04 Å². The summed E-state index contributed by atoms with van der Waals surface area (Å²) in [6.45, 7) is 3.86. The average Bonchev–Trinajstić information content (AvgIpc) is 2.59. The van der Waals surface area contributed by atoms with Crippen LogP contribution in [-0.4, -0.2) is 77.3 Å². The van der Waals surface area contributed by atoms with Gasteiger partial charge in [0.05, 0.1) is 25.7 Å². The summed E-state index contributed by atoms with van der Waals surface area (Å²) in [4.78, 5) is 28.2. The van der Waals surface area contributed by atoms with E-state index in [-0.39, 0.29) is 44.5 Å².